The van der Waals surface area contributed by atoms with Gasteiger partial charge in [0.05, 0.1) is 24.7 Å². The van der Waals surface area contributed by atoms with E-state index >= 15 is 0 Å². The molecular weight excluding hydrogens is 204 g/mol. The summed E-state index contributed by atoms with van der Waals surface area (Å²) in [6.45, 7) is -0.175. The van der Waals surface area contributed by atoms with Crippen LogP contribution in [0.25, 0.3) is 0 Å². The zero-order chi connectivity index (χ0) is 11.8. The van der Waals surface area contributed by atoms with E-state index in [-0.39, 0.29) is 25.9 Å². The minimum atomic E-state index is -1.13. The van der Waals surface area contributed by atoms with Gasteiger partial charge in [-0.15, -0.1) is 0 Å². The van der Waals surface area contributed by atoms with Crippen molar-refractivity contribution in [3.8, 4) is 0 Å². The normalized spacial score (nSPS) is 17.1. The van der Waals surface area contributed by atoms with Crippen LogP contribution in [0.3, 0.4) is 0 Å². The van der Waals surface area contributed by atoms with E-state index in [1.165, 1.54) is 0 Å². The summed E-state index contributed by atoms with van der Waals surface area (Å²) < 4.78 is 0. The molecule has 0 aliphatic carbocycles. The molecule has 0 saturated carbocycles. The van der Waals surface area contributed by atoms with Crippen molar-refractivity contribution in [1.82, 2.24) is 0 Å². The number of hydrogen-bond acceptors (Lipinski definition) is 5. The van der Waals surface area contributed by atoms with Crippen LogP contribution >= 0.6 is 0 Å². The molecule has 3 atom stereocenters. The number of aliphatic carboxylic acids is 1. The van der Waals surface area contributed by atoms with Crippen molar-refractivity contribution < 1.29 is 30.3 Å². The highest BCUT2D eigenvalue weighted by Crippen LogP contribution is 2.09. The average molecular weight is 222 g/mol. The van der Waals surface area contributed by atoms with Gasteiger partial charge in [0.15, 0.2) is 0 Å². The van der Waals surface area contributed by atoms with Crippen molar-refractivity contribution in [2.24, 2.45) is 0 Å². The highest BCUT2D eigenvalue weighted by molar-refractivity contribution is 5.67. The van der Waals surface area contributed by atoms with Gasteiger partial charge in [-0.3, -0.25) is 4.79 Å². The van der Waals surface area contributed by atoms with Gasteiger partial charge in [-0.25, -0.2) is 0 Å². The first-order valence-electron chi connectivity index (χ1n) is 4.82. The molecule has 3 unspecified atom stereocenters. The second-order valence-electron chi connectivity index (χ2n) is 3.54. The topological polar surface area (TPSA) is 118 Å². The fraction of sp³-hybridized carbons (Fsp3) is 0.889. The van der Waals surface area contributed by atoms with Crippen molar-refractivity contribution in [1.29, 1.82) is 0 Å². The first-order chi connectivity index (χ1) is 6.95. The van der Waals surface area contributed by atoms with Gasteiger partial charge in [0.25, 0.3) is 0 Å². The van der Waals surface area contributed by atoms with Gasteiger partial charge in [0.2, 0.25) is 0 Å². The summed E-state index contributed by atoms with van der Waals surface area (Å²) in [5.41, 5.74) is 0. The van der Waals surface area contributed by atoms with Gasteiger partial charge in [-0.1, -0.05) is 0 Å². The lowest BCUT2D eigenvalue weighted by atomic mass is 10.0. The lowest BCUT2D eigenvalue weighted by molar-refractivity contribution is -0.139. The Kier molecular flexibility index (Phi) is 7.23. The van der Waals surface area contributed by atoms with Crippen LogP contribution in [-0.4, -0.2) is 56.4 Å². The molecule has 0 amide bonds. The van der Waals surface area contributed by atoms with Crippen LogP contribution in [-0.2, 0) is 4.79 Å². The molecule has 0 aliphatic heterocycles. The van der Waals surface area contributed by atoms with Crippen LogP contribution in [0.1, 0.15) is 25.7 Å². The van der Waals surface area contributed by atoms with Crippen molar-refractivity contribution in [2.75, 3.05) is 6.61 Å². The summed E-state index contributed by atoms with van der Waals surface area (Å²) in [5.74, 6) is -1.13. The molecule has 6 heteroatoms. The molecule has 0 aliphatic rings. The third-order valence-corrected chi connectivity index (χ3v) is 1.96. The van der Waals surface area contributed by atoms with E-state index in [1.54, 1.807) is 0 Å². The van der Waals surface area contributed by atoms with Gasteiger partial charge < -0.3 is 25.5 Å². The van der Waals surface area contributed by atoms with Crippen LogP contribution in [0, 0.1) is 0 Å². The maximum Gasteiger partial charge on any atom is 0.305 e. The predicted molar refractivity (Wildman–Crippen MR) is 51.2 cm³/mol. The molecule has 0 radical (unpaired) electrons. The molecule has 0 spiro atoms. The molecule has 90 valence electrons. The smallest absolute Gasteiger partial charge is 0.305 e. The maximum atomic E-state index is 10.2. The Morgan fingerprint density at radius 3 is 2.00 bits per heavy atom. The highest BCUT2D eigenvalue weighted by Gasteiger charge is 2.17. The number of carboxylic acid groups (broad SMARTS) is 1. The minimum Gasteiger partial charge on any atom is -0.481 e. The molecule has 0 aromatic rings. The Labute approximate surface area is 87.8 Å². The number of aliphatic hydroxyl groups is 4. The van der Waals surface area contributed by atoms with Gasteiger partial charge in [-0.05, 0) is 19.3 Å². The summed E-state index contributed by atoms with van der Waals surface area (Å²) in [5, 5.41) is 44.5. The standard InChI is InChI=1S/C9H18O6/c10-2-1-6(11)3-7(12)4-8(13)5-9(14)15/h6-8,10-13H,1-5H2,(H,14,15). The van der Waals surface area contributed by atoms with Gasteiger partial charge in [0.1, 0.15) is 0 Å². The maximum absolute atomic E-state index is 10.2. The van der Waals surface area contributed by atoms with Gasteiger partial charge >= 0.3 is 5.97 Å². The van der Waals surface area contributed by atoms with Crippen LogP contribution in [0.15, 0.2) is 0 Å². The zero-order valence-corrected chi connectivity index (χ0v) is 8.41. The summed E-state index contributed by atoms with van der Waals surface area (Å²) >= 11 is 0. The molecule has 0 aromatic heterocycles. The van der Waals surface area contributed by atoms with Crippen molar-refractivity contribution >= 4 is 5.97 Å². The molecule has 0 saturated heterocycles. The summed E-state index contributed by atoms with van der Waals surface area (Å²) in [7, 11) is 0. The van der Waals surface area contributed by atoms with Gasteiger partial charge in [-0.2, -0.15) is 0 Å². The van der Waals surface area contributed by atoms with Crippen LogP contribution in [0.2, 0.25) is 0 Å². The number of aliphatic hydroxyl groups excluding tert-OH is 4. The summed E-state index contributed by atoms with van der Waals surface area (Å²) in [6.07, 6.45) is -3.23. The molecule has 5 N–H and O–H groups in total. The second-order valence-corrected chi connectivity index (χ2v) is 3.54. The largest absolute Gasteiger partial charge is 0.481 e. The number of carbonyl (C=O) groups is 1. The van der Waals surface area contributed by atoms with Crippen LogP contribution < -0.4 is 0 Å². The van der Waals surface area contributed by atoms with E-state index in [0.29, 0.717) is 0 Å². The molecule has 6 nitrogen and oxygen atoms in total. The first kappa shape index (κ1) is 14.3. The second kappa shape index (κ2) is 7.58. The Morgan fingerprint density at radius 2 is 1.53 bits per heavy atom. The lowest BCUT2D eigenvalue weighted by Gasteiger charge is -2.17. The quantitative estimate of drug-likeness (QED) is 0.348. The number of hydrogen-bond donors (Lipinski definition) is 5. The van der Waals surface area contributed by atoms with Crippen molar-refractivity contribution in [2.45, 2.75) is 44.0 Å². The van der Waals surface area contributed by atoms with Crippen LogP contribution in [0.5, 0.6) is 0 Å². The fourth-order valence-electron chi connectivity index (χ4n) is 1.28. The molecule has 0 heterocycles. The molecule has 0 rings (SSSR count). The average Bonchev–Trinajstić information content (AvgIpc) is 2.00. The predicted octanol–water partition coefficient (Wildman–Crippen LogP) is -1.29. The van der Waals surface area contributed by atoms with E-state index in [0.717, 1.165) is 0 Å². The summed E-state index contributed by atoms with van der Waals surface area (Å²) in [4.78, 5) is 10.2. The van der Waals surface area contributed by atoms with Crippen LogP contribution in [0.4, 0.5) is 0 Å². The number of rotatable bonds is 8. The SMILES string of the molecule is O=C(O)CC(O)CC(O)CC(O)CCO. The van der Waals surface area contributed by atoms with Crippen molar-refractivity contribution in [3.05, 3.63) is 0 Å². The van der Waals surface area contributed by atoms with E-state index in [4.69, 9.17) is 15.3 Å². The van der Waals surface area contributed by atoms with E-state index < -0.39 is 30.7 Å². The van der Waals surface area contributed by atoms with Crippen molar-refractivity contribution in [3.63, 3.8) is 0 Å². The molecular formula is C9H18O6. The molecule has 0 aromatic carbocycles. The molecule has 0 fully saturated rings. The van der Waals surface area contributed by atoms with Gasteiger partial charge in [0, 0.05) is 6.61 Å². The summed E-state index contributed by atoms with van der Waals surface area (Å²) in [6, 6.07) is 0. The third-order valence-electron chi connectivity index (χ3n) is 1.96. The zero-order valence-electron chi connectivity index (χ0n) is 8.41. The number of carboxylic acids is 1. The van der Waals surface area contributed by atoms with E-state index in [1.807, 2.05) is 0 Å². The Morgan fingerprint density at radius 1 is 1.00 bits per heavy atom. The third kappa shape index (κ3) is 8.31. The fourth-order valence-corrected chi connectivity index (χ4v) is 1.28. The Balaban J connectivity index is 3.71. The molecule has 0 bridgehead atoms. The Bertz CT molecular complexity index is 183. The van der Waals surface area contributed by atoms with E-state index in [2.05, 4.69) is 0 Å². The minimum absolute atomic E-state index is 0.0250. The molecule has 15 heavy (non-hydrogen) atoms. The monoisotopic (exact) mass is 222 g/mol. The first-order valence-corrected chi connectivity index (χ1v) is 4.82. The lowest BCUT2D eigenvalue weighted by Crippen LogP contribution is -2.25. The Hall–Kier alpha value is -0.690. The van der Waals surface area contributed by atoms with E-state index in [9.17, 15) is 15.0 Å². The highest BCUT2D eigenvalue weighted by atomic mass is 16.4.